The third kappa shape index (κ3) is 8.02. The molecule has 0 bridgehead atoms. The molecule has 0 N–H and O–H groups in total. The number of unbranched alkanes of at least 4 members (excludes halogenated alkanes) is 1. The van der Waals surface area contributed by atoms with Crippen LogP contribution in [0.1, 0.15) is 61.6 Å². The van der Waals surface area contributed by atoms with Crippen LogP contribution in [0.5, 0.6) is 0 Å². The van der Waals surface area contributed by atoms with Gasteiger partial charge in [-0.15, -0.1) is 0 Å². The highest BCUT2D eigenvalue weighted by atomic mass is 16.6. The Bertz CT molecular complexity index is 718. The monoisotopic (exact) mass is 392 g/mol. The van der Waals surface area contributed by atoms with Gasteiger partial charge in [0, 0.05) is 6.54 Å². The normalized spacial score (nSPS) is 15.4. The summed E-state index contributed by atoms with van der Waals surface area (Å²) in [6.07, 6.45) is 9.52. The predicted molar refractivity (Wildman–Crippen MR) is 123 cm³/mol. The number of aryl methyl sites for hydroxylation is 2. The van der Waals surface area contributed by atoms with Crippen LogP contribution < -0.4 is 0 Å². The molecule has 156 valence electrons. The van der Waals surface area contributed by atoms with Crippen molar-refractivity contribution in [1.82, 2.24) is 4.90 Å². The van der Waals surface area contributed by atoms with Crippen molar-refractivity contribution in [3.05, 3.63) is 71.3 Å². The summed E-state index contributed by atoms with van der Waals surface area (Å²) in [7, 11) is 0. The third-order valence-corrected chi connectivity index (χ3v) is 5.69. The first-order valence-electron chi connectivity index (χ1n) is 11.3. The SMILES string of the molecule is Cc1ccc(C(CCCCc2ccccc2)=NOCCCN2CCCCC2)cc1. The van der Waals surface area contributed by atoms with E-state index in [0.29, 0.717) is 6.61 Å². The lowest BCUT2D eigenvalue weighted by atomic mass is 10.0. The molecule has 0 aliphatic carbocycles. The Labute approximate surface area is 176 Å². The Hall–Kier alpha value is -2.13. The van der Waals surface area contributed by atoms with E-state index < -0.39 is 0 Å². The molecule has 3 nitrogen and oxygen atoms in total. The van der Waals surface area contributed by atoms with Crippen molar-refractivity contribution >= 4 is 5.71 Å². The van der Waals surface area contributed by atoms with E-state index in [9.17, 15) is 0 Å². The van der Waals surface area contributed by atoms with Gasteiger partial charge in [0.1, 0.15) is 6.61 Å². The van der Waals surface area contributed by atoms with Crippen LogP contribution >= 0.6 is 0 Å². The van der Waals surface area contributed by atoms with Crippen LogP contribution in [0, 0.1) is 6.92 Å². The fourth-order valence-electron chi connectivity index (χ4n) is 3.91. The topological polar surface area (TPSA) is 24.8 Å². The first-order chi connectivity index (χ1) is 14.3. The molecule has 1 heterocycles. The van der Waals surface area contributed by atoms with Crippen molar-refractivity contribution in [2.75, 3.05) is 26.2 Å². The van der Waals surface area contributed by atoms with E-state index in [2.05, 4.69) is 71.6 Å². The van der Waals surface area contributed by atoms with Crippen LogP contribution in [-0.4, -0.2) is 36.9 Å². The first kappa shape index (κ1) is 21.6. The quantitative estimate of drug-likeness (QED) is 0.266. The molecule has 0 radical (unpaired) electrons. The van der Waals surface area contributed by atoms with E-state index >= 15 is 0 Å². The van der Waals surface area contributed by atoms with Crippen molar-refractivity contribution in [2.45, 2.75) is 58.3 Å². The van der Waals surface area contributed by atoms with Gasteiger partial charge >= 0.3 is 0 Å². The maximum Gasteiger partial charge on any atom is 0.118 e. The average Bonchev–Trinajstić information content (AvgIpc) is 2.77. The smallest absolute Gasteiger partial charge is 0.118 e. The number of likely N-dealkylation sites (tertiary alicyclic amines) is 1. The second kappa shape index (κ2) is 12.4. The predicted octanol–water partition coefficient (Wildman–Crippen LogP) is 6.00. The summed E-state index contributed by atoms with van der Waals surface area (Å²) in [6, 6.07) is 19.4. The zero-order chi connectivity index (χ0) is 20.2. The molecule has 0 atom stereocenters. The highest BCUT2D eigenvalue weighted by Crippen LogP contribution is 2.13. The number of hydrogen-bond acceptors (Lipinski definition) is 3. The minimum Gasteiger partial charge on any atom is -0.396 e. The van der Waals surface area contributed by atoms with Crippen molar-refractivity contribution in [2.24, 2.45) is 5.16 Å². The van der Waals surface area contributed by atoms with E-state index in [4.69, 9.17) is 4.84 Å². The number of oxime groups is 1. The Morgan fingerprint density at radius 1 is 0.897 bits per heavy atom. The second-order valence-electron chi connectivity index (χ2n) is 8.19. The van der Waals surface area contributed by atoms with Gasteiger partial charge in [0.15, 0.2) is 0 Å². The highest BCUT2D eigenvalue weighted by Gasteiger charge is 2.09. The highest BCUT2D eigenvalue weighted by molar-refractivity contribution is 6.00. The minimum atomic E-state index is 0.704. The Morgan fingerprint density at radius 2 is 1.66 bits per heavy atom. The standard InChI is InChI=1S/C26H36N2O/c1-23-15-17-25(18-16-23)26(14-7-6-13-24-11-4-2-5-12-24)27-29-22-10-21-28-19-8-3-9-20-28/h2,4-5,11-12,15-18H,3,6-10,13-14,19-22H2,1H3. The zero-order valence-corrected chi connectivity index (χ0v) is 18.0. The molecule has 1 saturated heterocycles. The van der Waals surface area contributed by atoms with E-state index in [1.54, 1.807) is 0 Å². The van der Waals surface area contributed by atoms with Crippen LogP contribution in [0.3, 0.4) is 0 Å². The molecule has 1 aliphatic rings. The van der Waals surface area contributed by atoms with E-state index in [0.717, 1.165) is 37.9 Å². The number of rotatable bonds is 11. The van der Waals surface area contributed by atoms with Gasteiger partial charge in [-0.05, 0) is 76.1 Å². The number of hydrogen-bond donors (Lipinski definition) is 0. The number of benzene rings is 2. The second-order valence-corrected chi connectivity index (χ2v) is 8.19. The molecule has 3 heteroatoms. The van der Waals surface area contributed by atoms with Crippen LogP contribution in [0.15, 0.2) is 59.8 Å². The summed E-state index contributed by atoms with van der Waals surface area (Å²) in [4.78, 5) is 8.30. The van der Waals surface area contributed by atoms with Gasteiger partial charge in [-0.1, -0.05) is 71.7 Å². The molecule has 0 amide bonds. The largest absolute Gasteiger partial charge is 0.396 e. The van der Waals surface area contributed by atoms with Gasteiger partial charge in [-0.2, -0.15) is 0 Å². The average molecular weight is 393 g/mol. The lowest BCUT2D eigenvalue weighted by Crippen LogP contribution is -2.31. The molecule has 1 fully saturated rings. The fourth-order valence-corrected chi connectivity index (χ4v) is 3.91. The van der Waals surface area contributed by atoms with Gasteiger partial charge < -0.3 is 9.74 Å². The zero-order valence-electron chi connectivity index (χ0n) is 18.0. The van der Waals surface area contributed by atoms with Crippen LogP contribution in [0.4, 0.5) is 0 Å². The maximum atomic E-state index is 5.75. The summed E-state index contributed by atoms with van der Waals surface area (Å²) < 4.78 is 0. The Balaban J connectivity index is 1.46. The molecule has 2 aromatic rings. The summed E-state index contributed by atoms with van der Waals surface area (Å²) in [5.74, 6) is 0. The first-order valence-corrected chi connectivity index (χ1v) is 11.3. The summed E-state index contributed by atoms with van der Waals surface area (Å²) in [5.41, 5.74) is 4.96. The minimum absolute atomic E-state index is 0.704. The Kier molecular flexibility index (Phi) is 9.25. The summed E-state index contributed by atoms with van der Waals surface area (Å²) in [6.45, 7) is 6.46. The fraction of sp³-hybridized carbons (Fsp3) is 0.500. The van der Waals surface area contributed by atoms with Crippen LogP contribution in [-0.2, 0) is 11.3 Å². The molecule has 0 aromatic heterocycles. The van der Waals surface area contributed by atoms with Gasteiger partial charge in [-0.3, -0.25) is 0 Å². The molecule has 1 aliphatic heterocycles. The van der Waals surface area contributed by atoms with Gasteiger partial charge in [0.05, 0.1) is 5.71 Å². The molecule has 0 saturated carbocycles. The third-order valence-electron chi connectivity index (χ3n) is 5.69. The number of piperidine rings is 1. The summed E-state index contributed by atoms with van der Waals surface area (Å²) in [5, 5.41) is 4.55. The van der Waals surface area contributed by atoms with E-state index in [1.165, 1.54) is 55.5 Å². The lowest BCUT2D eigenvalue weighted by Gasteiger charge is -2.25. The molecule has 0 unspecified atom stereocenters. The molecule has 3 rings (SSSR count). The van der Waals surface area contributed by atoms with Gasteiger partial charge in [0.25, 0.3) is 0 Å². The maximum absolute atomic E-state index is 5.75. The molecule has 29 heavy (non-hydrogen) atoms. The molecular weight excluding hydrogens is 356 g/mol. The Morgan fingerprint density at radius 3 is 2.41 bits per heavy atom. The summed E-state index contributed by atoms with van der Waals surface area (Å²) >= 11 is 0. The molecule has 2 aromatic carbocycles. The molecular formula is C26H36N2O. The van der Waals surface area contributed by atoms with Crippen molar-refractivity contribution in [1.29, 1.82) is 0 Å². The van der Waals surface area contributed by atoms with E-state index in [1.807, 2.05) is 0 Å². The van der Waals surface area contributed by atoms with Gasteiger partial charge in [0.2, 0.25) is 0 Å². The van der Waals surface area contributed by atoms with Crippen molar-refractivity contribution in [3.8, 4) is 0 Å². The lowest BCUT2D eigenvalue weighted by molar-refractivity contribution is 0.124. The van der Waals surface area contributed by atoms with Crippen LogP contribution in [0.25, 0.3) is 0 Å². The van der Waals surface area contributed by atoms with Crippen LogP contribution in [0.2, 0.25) is 0 Å². The van der Waals surface area contributed by atoms with Crippen molar-refractivity contribution < 1.29 is 4.84 Å². The van der Waals surface area contributed by atoms with E-state index in [-0.39, 0.29) is 0 Å². The van der Waals surface area contributed by atoms with Gasteiger partial charge in [-0.25, -0.2) is 0 Å². The number of nitrogens with zero attached hydrogens (tertiary/aromatic N) is 2. The molecule has 0 spiro atoms. The van der Waals surface area contributed by atoms with Crippen molar-refractivity contribution in [3.63, 3.8) is 0 Å².